The third-order valence-corrected chi connectivity index (χ3v) is 3.36. The summed E-state index contributed by atoms with van der Waals surface area (Å²) in [6.45, 7) is 0.303. The molecule has 0 fully saturated rings. The van der Waals surface area contributed by atoms with Crippen LogP contribution in [0.5, 0.6) is 0 Å². The molecule has 0 spiro atoms. The predicted octanol–water partition coefficient (Wildman–Crippen LogP) is 1.69. The Labute approximate surface area is 113 Å². The smallest absolute Gasteiger partial charge is 0.216 e. The maximum Gasteiger partial charge on any atom is 0.274 e. The van der Waals surface area contributed by atoms with Crippen molar-refractivity contribution < 1.29 is 8.42 Å². The van der Waals surface area contributed by atoms with Gasteiger partial charge in [-0.1, -0.05) is 54.6 Å². The lowest BCUT2D eigenvalue weighted by atomic mass is 10.0. The lowest BCUT2D eigenvalue weighted by molar-refractivity contribution is 0.583. The van der Waals surface area contributed by atoms with Crippen LogP contribution in [-0.2, 0) is 16.6 Å². The summed E-state index contributed by atoms with van der Waals surface area (Å²) in [6.07, 6.45) is 0.608. The van der Waals surface area contributed by atoms with Gasteiger partial charge in [-0.3, -0.25) is 0 Å². The number of benzene rings is 2. The maximum atomic E-state index is 10.8. The van der Waals surface area contributed by atoms with Gasteiger partial charge in [-0.15, -0.1) is 0 Å². The zero-order valence-electron chi connectivity index (χ0n) is 10.4. The fourth-order valence-corrected chi connectivity index (χ4v) is 2.26. The van der Waals surface area contributed by atoms with Crippen molar-refractivity contribution in [2.75, 3.05) is 6.54 Å². The highest BCUT2D eigenvalue weighted by molar-refractivity contribution is 7.87. The minimum Gasteiger partial charge on any atom is -0.216 e. The molecule has 0 aliphatic heterocycles. The maximum absolute atomic E-state index is 10.8. The molecule has 0 unspecified atom stereocenters. The van der Waals surface area contributed by atoms with Crippen molar-refractivity contribution in [2.45, 2.75) is 6.42 Å². The van der Waals surface area contributed by atoms with Crippen LogP contribution in [0.15, 0.2) is 54.6 Å². The summed E-state index contributed by atoms with van der Waals surface area (Å²) < 4.78 is 23.8. The second kappa shape index (κ2) is 5.97. The van der Waals surface area contributed by atoms with Crippen molar-refractivity contribution in [1.29, 1.82) is 0 Å². The summed E-state index contributed by atoms with van der Waals surface area (Å²) in [5, 5.41) is 4.88. The van der Waals surface area contributed by atoms with Crippen LogP contribution in [0.2, 0.25) is 0 Å². The van der Waals surface area contributed by atoms with Gasteiger partial charge in [-0.25, -0.2) is 9.86 Å². The molecule has 0 heterocycles. The average Bonchev–Trinajstić information content (AvgIpc) is 2.39. The standard InChI is InChI=1S/C14H16N2O2S/c15-19(17,18)16-10-9-12-5-4-8-14(11-12)13-6-2-1-3-7-13/h1-8,11,16H,9-10H2,(H2,15,17,18). The van der Waals surface area contributed by atoms with Crippen LogP contribution in [0.1, 0.15) is 5.56 Å². The third kappa shape index (κ3) is 4.48. The Balaban J connectivity index is 2.08. The van der Waals surface area contributed by atoms with Crippen molar-refractivity contribution in [1.82, 2.24) is 4.72 Å². The molecule has 2 aromatic carbocycles. The van der Waals surface area contributed by atoms with E-state index in [1.165, 1.54) is 0 Å². The zero-order valence-corrected chi connectivity index (χ0v) is 11.2. The zero-order chi connectivity index (χ0) is 13.7. The first-order valence-electron chi connectivity index (χ1n) is 5.96. The van der Waals surface area contributed by atoms with E-state index in [-0.39, 0.29) is 0 Å². The van der Waals surface area contributed by atoms with Crippen LogP contribution in [0.4, 0.5) is 0 Å². The lowest BCUT2D eigenvalue weighted by Crippen LogP contribution is -2.32. The molecule has 0 saturated heterocycles. The van der Waals surface area contributed by atoms with E-state index in [0.717, 1.165) is 16.7 Å². The SMILES string of the molecule is NS(=O)(=O)NCCc1cccc(-c2ccccc2)c1. The first-order valence-corrected chi connectivity index (χ1v) is 7.51. The number of nitrogens with one attached hydrogen (secondary N) is 1. The summed E-state index contributed by atoms with van der Waals surface area (Å²) in [5.74, 6) is 0. The van der Waals surface area contributed by atoms with Crippen molar-refractivity contribution >= 4 is 10.2 Å². The van der Waals surface area contributed by atoms with Crippen LogP contribution < -0.4 is 9.86 Å². The number of hydrogen-bond donors (Lipinski definition) is 2. The molecule has 5 heteroatoms. The predicted molar refractivity (Wildman–Crippen MR) is 76.7 cm³/mol. The van der Waals surface area contributed by atoms with Crippen molar-refractivity contribution in [3.63, 3.8) is 0 Å². The van der Waals surface area contributed by atoms with Gasteiger partial charge in [0.05, 0.1) is 0 Å². The Kier molecular flexibility index (Phi) is 4.31. The molecule has 2 aromatic rings. The van der Waals surface area contributed by atoms with Gasteiger partial charge in [0.15, 0.2) is 0 Å². The van der Waals surface area contributed by atoms with Crippen LogP contribution in [0.3, 0.4) is 0 Å². The molecular weight excluding hydrogens is 260 g/mol. The van der Waals surface area contributed by atoms with Gasteiger partial charge in [0.2, 0.25) is 0 Å². The molecule has 0 atom stereocenters. The molecule has 100 valence electrons. The number of rotatable bonds is 5. The largest absolute Gasteiger partial charge is 0.274 e. The molecule has 19 heavy (non-hydrogen) atoms. The van der Waals surface area contributed by atoms with E-state index in [4.69, 9.17) is 5.14 Å². The Bertz CT molecular complexity index is 640. The Hall–Kier alpha value is -1.69. The van der Waals surface area contributed by atoms with Crippen LogP contribution in [0, 0.1) is 0 Å². The van der Waals surface area contributed by atoms with E-state index < -0.39 is 10.2 Å². The molecule has 2 rings (SSSR count). The molecule has 3 N–H and O–H groups in total. The molecule has 0 aliphatic rings. The molecular formula is C14H16N2O2S. The van der Waals surface area contributed by atoms with E-state index in [1.807, 2.05) is 48.5 Å². The van der Waals surface area contributed by atoms with E-state index in [0.29, 0.717) is 13.0 Å². The van der Waals surface area contributed by atoms with E-state index in [1.54, 1.807) is 0 Å². The van der Waals surface area contributed by atoms with Gasteiger partial charge in [0, 0.05) is 6.54 Å². The van der Waals surface area contributed by atoms with Gasteiger partial charge < -0.3 is 0 Å². The topological polar surface area (TPSA) is 72.2 Å². The highest BCUT2D eigenvalue weighted by Crippen LogP contribution is 2.19. The summed E-state index contributed by atoms with van der Waals surface area (Å²) in [4.78, 5) is 0. The van der Waals surface area contributed by atoms with Gasteiger partial charge in [-0.05, 0) is 23.1 Å². The number of nitrogens with two attached hydrogens (primary N) is 1. The fraction of sp³-hybridized carbons (Fsp3) is 0.143. The minimum atomic E-state index is -3.61. The Morgan fingerprint density at radius 1 is 0.947 bits per heavy atom. The van der Waals surface area contributed by atoms with Gasteiger partial charge >= 0.3 is 0 Å². The van der Waals surface area contributed by atoms with Gasteiger partial charge in [0.25, 0.3) is 10.2 Å². The molecule has 0 aliphatic carbocycles. The van der Waals surface area contributed by atoms with E-state index in [2.05, 4.69) is 10.8 Å². The second-order valence-corrected chi connectivity index (χ2v) is 5.63. The number of hydrogen-bond acceptors (Lipinski definition) is 2. The Morgan fingerprint density at radius 2 is 1.63 bits per heavy atom. The summed E-state index contributed by atoms with van der Waals surface area (Å²) in [6, 6.07) is 18.1. The van der Waals surface area contributed by atoms with E-state index >= 15 is 0 Å². The summed E-state index contributed by atoms with van der Waals surface area (Å²) in [5.41, 5.74) is 3.33. The normalized spacial score (nSPS) is 11.4. The fourth-order valence-electron chi connectivity index (χ4n) is 1.87. The molecule has 4 nitrogen and oxygen atoms in total. The first kappa shape index (κ1) is 13.7. The van der Waals surface area contributed by atoms with E-state index in [9.17, 15) is 8.42 Å². The molecule has 0 amide bonds. The Morgan fingerprint density at radius 3 is 2.32 bits per heavy atom. The third-order valence-electron chi connectivity index (χ3n) is 2.75. The van der Waals surface area contributed by atoms with Gasteiger partial charge in [0.1, 0.15) is 0 Å². The van der Waals surface area contributed by atoms with Crippen molar-refractivity contribution in [3.05, 3.63) is 60.2 Å². The second-order valence-electron chi connectivity index (χ2n) is 4.26. The van der Waals surface area contributed by atoms with Crippen LogP contribution >= 0.6 is 0 Å². The van der Waals surface area contributed by atoms with Crippen LogP contribution in [-0.4, -0.2) is 15.0 Å². The highest BCUT2D eigenvalue weighted by atomic mass is 32.2. The van der Waals surface area contributed by atoms with Crippen molar-refractivity contribution in [2.24, 2.45) is 5.14 Å². The van der Waals surface area contributed by atoms with Gasteiger partial charge in [-0.2, -0.15) is 8.42 Å². The summed E-state index contributed by atoms with van der Waals surface area (Å²) >= 11 is 0. The molecule has 0 bridgehead atoms. The average molecular weight is 276 g/mol. The molecule has 0 saturated carbocycles. The summed E-state index contributed by atoms with van der Waals surface area (Å²) in [7, 11) is -3.61. The van der Waals surface area contributed by atoms with Crippen molar-refractivity contribution in [3.8, 4) is 11.1 Å². The van der Waals surface area contributed by atoms with Crippen LogP contribution in [0.25, 0.3) is 11.1 Å². The first-order chi connectivity index (χ1) is 9.04. The molecule has 0 aromatic heterocycles. The highest BCUT2D eigenvalue weighted by Gasteiger charge is 2.02. The monoisotopic (exact) mass is 276 g/mol. The minimum absolute atomic E-state index is 0.303. The quantitative estimate of drug-likeness (QED) is 0.872. The lowest BCUT2D eigenvalue weighted by Gasteiger charge is -2.06. The molecule has 0 radical (unpaired) electrons.